The zero-order valence-electron chi connectivity index (χ0n) is 62.5. The number of esters is 4. The van der Waals surface area contributed by atoms with E-state index in [0.29, 0.717) is 25.7 Å². The summed E-state index contributed by atoms with van der Waals surface area (Å²) in [6, 6.07) is 0. The van der Waals surface area contributed by atoms with Crippen molar-refractivity contribution in [2.24, 2.45) is 5.92 Å². The number of phosphoric ester groups is 2. The van der Waals surface area contributed by atoms with Crippen molar-refractivity contribution in [3.63, 3.8) is 0 Å². The fourth-order valence-electron chi connectivity index (χ4n) is 11.9. The second kappa shape index (κ2) is 70.1. The van der Waals surface area contributed by atoms with Gasteiger partial charge in [0.1, 0.15) is 19.3 Å². The molecule has 0 fully saturated rings. The summed E-state index contributed by atoms with van der Waals surface area (Å²) in [7, 11) is -9.91. The van der Waals surface area contributed by atoms with Gasteiger partial charge in [-0.15, -0.1) is 0 Å². The first-order valence-electron chi connectivity index (χ1n) is 40.1. The Bertz CT molecular complexity index is 1840. The van der Waals surface area contributed by atoms with Gasteiger partial charge in [0.05, 0.1) is 26.4 Å². The van der Waals surface area contributed by atoms with Gasteiger partial charge < -0.3 is 33.8 Å². The minimum absolute atomic E-state index is 0.106. The maximum Gasteiger partial charge on any atom is 0.472 e. The molecule has 0 aliphatic rings. The number of carbonyl (C=O) groups is 4. The third-order valence-corrected chi connectivity index (χ3v) is 19.9. The van der Waals surface area contributed by atoms with Gasteiger partial charge in [0.25, 0.3) is 0 Å². The van der Waals surface area contributed by atoms with Crippen LogP contribution in [-0.2, 0) is 65.4 Å². The van der Waals surface area contributed by atoms with Gasteiger partial charge in [-0.3, -0.25) is 37.3 Å². The summed E-state index contributed by atoms with van der Waals surface area (Å²) in [5.41, 5.74) is 0. The molecule has 3 N–H and O–H groups in total. The molecule has 19 heteroatoms. The van der Waals surface area contributed by atoms with Crippen LogP contribution in [0, 0.1) is 5.92 Å². The number of phosphoric acid groups is 2. The quantitative estimate of drug-likeness (QED) is 0.0222. The monoisotopic (exact) mass is 1410 g/mol. The van der Waals surface area contributed by atoms with Crippen LogP contribution in [0.25, 0.3) is 0 Å². The minimum atomic E-state index is -4.96. The molecule has 0 heterocycles. The second-order valence-corrected chi connectivity index (χ2v) is 31.1. The number of rotatable bonds is 77. The summed E-state index contributed by atoms with van der Waals surface area (Å²) in [5.74, 6) is -1.38. The van der Waals surface area contributed by atoms with Crippen LogP contribution < -0.4 is 0 Å². The molecule has 570 valence electrons. The predicted octanol–water partition coefficient (Wildman–Crippen LogP) is 22.9. The predicted molar refractivity (Wildman–Crippen MR) is 391 cm³/mol. The van der Waals surface area contributed by atoms with Crippen molar-refractivity contribution in [1.29, 1.82) is 0 Å². The fraction of sp³-hybridized carbons (Fsp3) is 0.948. The molecule has 96 heavy (non-hydrogen) atoms. The largest absolute Gasteiger partial charge is 0.472 e. The smallest absolute Gasteiger partial charge is 0.462 e. The van der Waals surface area contributed by atoms with Crippen molar-refractivity contribution in [3.05, 3.63) is 0 Å². The molecular weight excluding hydrogens is 1260 g/mol. The molecule has 0 spiro atoms. The number of hydrogen-bond acceptors (Lipinski definition) is 15. The van der Waals surface area contributed by atoms with Crippen molar-refractivity contribution in [1.82, 2.24) is 0 Å². The van der Waals surface area contributed by atoms with Gasteiger partial charge in [-0.1, -0.05) is 356 Å². The zero-order valence-corrected chi connectivity index (χ0v) is 64.3. The molecule has 5 atom stereocenters. The summed E-state index contributed by atoms with van der Waals surface area (Å²) in [4.78, 5) is 72.8. The van der Waals surface area contributed by atoms with E-state index in [1.54, 1.807) is 0 Å². The van der Waals surface area contributed by atoms with Gasteiger partial charge in [-0.25, -0.2) is 9.13 Å². The Morgan fingerprint density at radius 3 is 0.708 bits per heavy atom. The Balaban J connectivity index is 5.21. The molecule has 0 aromatic carbocycles. The number of unbranched alkanes of at least 4 members (excludes halogenated alkanes) is 49. The molecule has 0 radical (unpaired) electrons. The van der Waals surface area contributed by atoms with E-state index in [4.69, 9.17) is 37.0 Å². The van der Waals surface area contributed by atoms with Gasteiger partial charge >= 0.3 is 39.5 Å². The first kappa shape index (κ1) is 94.1. The first-order valence-corrected chi connectivity index (χ1v) is 43.1. The Morgan fingerprint density at radius 1 is 0.281 bits per heavy atom. The fourth-order valence-corrected chi connectivity index (χ4v) is 13.5. The molecule has 0 saturated heterocycles. The molecule has 0 amide bonds. The molecule has 0 saturated carbocycles. The molecule has 0 rings (SSSR count). The van der Waals surface area contributed by atoms with E-state index in [-0.39, 0.29) is 25.7 Å². The third kappa shape index (κ3) is 70.5. The highest BCUT2D eigenvalue weighted by molar-refractivity contribution is 7.47. The molecule has 0 aliphatic heterocycles. The maximum atomic E-state index is 13.1. The van der Waals surface area contributed by atoms with Gasteiger partial charge in [-0.05, 0) is 31.6 Å². The second-order valence-electron chi connectivity index (χ2n) is 28.2. The standard InChI is InChI=1S/C77H150O17P2/c1-6-9-12-15-18-21-23-25-27-29-30-31-33-35-37-42-47-52-57-62-76(81)93-73(67-88-75(80)61-56-51-46-41-36-34-32-28-26-24-22-19-16-13-10-7-2)69-92-96(85,86)90-65-71(78)64-89-95(83,84)91-68-72(66-87-74(79)60-55-50-45-39-20-17-14-11-8-3)94-77(82)63-58-53-48-43-38-40-44-49-54-59-70(4)5/h70-73,78H,6-69H2,1-5H3,(H,83,84)(H,85,86)/t71-,72+,73+/m0/s1. The summed E-state index contributed by atoms with van der Waals surface area (Å²) >= 11 is 0. The average Bonchev–Trinajstić information content (AvgIpc) is 1.28. The van der Waals surface area contributed by atoms with Crippen molar-refractivity contribution < 1.29 is 80.2 Å². The highest BCUT2D eigenvalue weighted by Crippen LogP contribution is 2.45. The van der Waals surface area contributed by atoms with E-state index in [0.717, 1.165) is 95.8 Å². The highest BCUT2D eigenvalue weighted by atomic mass is 31.2. The topological polar surface area (TPSA) is 237 Å². The first-order chi connectivity index (χ1) is 46.5. The highest BCUT2D eigenvalue weighted by Gasteiger charge is 2.30. The van der Waals surface area contributed by atoms with Gasteiger partial charge in [0.15, 0.2) is 12.2 Å². The lowest BCUT2D eigenvalue weighted by molar-refractivity contribution is -0.161. The SMILES string of the molecule is CCCCCCCCCCCCCCCCCCCCCC(=O)O[C@H](COC(=O)CCCCCCCCCCCCCCCCCC)COP(=O)(O)OC[C@@H](O)COP(=O)(O)OC[C@@H](COC(=O)CCCCCCCCCCC)OC(=O)CCCCCCCCCCCC(C)C. The lowest BCUT2D eigenvalue weighted by Gasteiger charge is -2.21. The van der Waals surface area contributed by atoms with Gasteiger partial charge in [0.2, 0.25) is 0 Å². The van der Waals surface area contributed by atoms with Crippen LogP contribution in [0.15, 0.2) is 0 Å². The van der Waals surface area contributed by atoms with E-state index in [2.05, 4.69) is 34.6 Å². The number of aliphatic hydroxyl groups excluding tert-OH is 1. The summed E-state index contributed by atoms with van der Waals surface area (Å²) < 4.78 is 68.5. The summed E-state index contributed by atoms with van der Waals surface area (Å²) in [6.07, 6.45) is 59.7. The molecule has 0 aromatic rings. The lowest BCUT2D eigenvalue weighted by Crippen LogP contribution is -2.30. The lowest BCUT2D eigenvalue weighted by atomic mass is 10.0. The number of hydrogen-bond donors (Lipinski definition) is 3. The van der Waals surface area contributed by atoms with Crippen LogP contribution in [0.5, 0.6) is 0 Å². The van der Waals surface area contributed by atoms with E-state index >= 15 is 0 Å². The molecule has 2 unspecified atom stereocenters. The van der Waals surface area contributed by atoms with Crippen molar-refractivity contribution in [2.45, 2.75) is 425 Å². The zero-order chi connectivity index (χ0) is 70.5. The minimum Gasteiger partial charge on any atom is -0.462 e. The summed E-state index contributed by atoms with van der Waals surface area (Å²) in [6.45, 7) is 7.26. The number of carbonyl (C=O) groups excluding carboxylic acids is 4. The summed E-state index contributed by atoms with van der Waals surface area (Å²) in [5, 5.41) is 10.6. The van der Waals surface area contributed by atoms with Crippen LogP contribution >= 0.6 is 15.6 Å². The maximum absolute atomic E-state index is 13.1. The van der Waals surface area contributed by atoms with E-state index in [9.17, 15) is 43.2 Å². The molecular formula is C77H150O17P2. The Kier molecular flexibility index (Phi) is 68.7. The van der Waals surface area contributed by atoms with Gasteiger partial charge in [0, 0.05) is 25.7 Å². The van der Waals surface area contributed by atoms with E-state index < -0.39 is 97.5 Å². The van der Waals surface area contributed by atoms with Crippen LogP contribution in [-0.4, -0.2) is 96.7 Å². The van der Waals surface area contributed by atoms with E-state index in [1.165, 1.54) is 231 Å². The van der Waals surface area contributed by atoms with Crippen molar-refractivity contribution >= 4 is 39.5 Å². The number of ether oxygens (including phenoxy) is 4. The van der Waals surface area contributed by atoms with Crippen LogP contribution in [0.4, 0.5) is 0 Å². The molecule has 0 aliphatic carbocycles. The normalized spacial score (nSPS) is 13.9. The third-order valence-electron chi connectivity index (χ3n) is 18.0. The molecule has 0 bridgehead atoms. The van der Waals surface area contributed by atoms with Crippen LogP contribution in [0.1, 0.15) is 407 Å². The van der Waals surface area contributed by atoms with Gasteiger partial charge in [-0.2, -0.15) is 0 Å². The Morgan fingerprint density at radius 2 is 0.479 bits per heavy atom. The molecule has 17 nitrogen and oxygen atoms in total. The Hall–Kier alpha value is -1.94. The van der Waals surface area contributed by atoms with Crippen LogP contribution in [0.2, 0.25) is 0 Å². The van der Waals surface area contributed by atoms with E-state index in [1.807, 2.05) is 0 Å². The van der Waals surface area contributed by atoms with Crippen molar-refractivity contribution in [2.75, 3.05) is 39.6 Å². The van der Waals surface area contributed by atoms with Crippen molar-refractivity contribution in [3.8, 4) is 0 Å². The molecule has 0 aromatic heterocycles. The average molecular weight is 1410 g/mol. The van der Waals surface area contributed by atoms with Crippen LogP contribution in [0.3, 0.4) is 0 Å². The Labute approximate surface area is 588 Å². The number of aliphatic hydroxyl groups is 1.